The zero-order valence-electron chi connectivity index (χ0n) is 18.6. The highest BCUT2D eigenvalue weighted by Gasteiger charge is 2.45. The van der Waals surface area contributed by atoms with Crippen molar-refractivity contribution in [3.8, 4) is 0 Å². The van der Waals surface area contributed by atoms with Gasteiger partial charge in [0.15, 0.2) is 0 Å². The van der Waals surface area contributed by atoms with E-state index in [1.807, 2.05) is 12.1 Å². The van der Waals surface area contributed by atoms with E-state index in [4.69, 9.17) is 5.73 Å². The van der Waals surface area contributed by atoms with Gasteiger partial charge in [0.05, 0.1) is 11.3 Å². The van der Waals surface area contributed by atoms with Crippen molar-refractivity contribution in [2.75, 3.05) is 36.4 Å². The Morgan fingerprint density at radius 1 is 0.909 bits per heavy atom. The van der Waals surface area contributed by atoms with Crippen LogP contribution in [0.4, 0.5) is 11.4 Å². The molecule has 2 fully saturated rings. The number of piperidine rings is 2. The van der Waals surface area contributed by atoms with E-state index in [1.54, 1.807) is 36.4 Å². The van der Waals surface area contributed by atoms with Gasteiger partial charge in [-0.3, -0.25) is 14.5 Å². The largest absolute Gasteiger partial charge is 0.478 e. The second-order valence-electron chi connectivity index (χ2n) is 8.79. The van der Waals surface area contributed by atoms with Crippen LogP contribution in [0.1, 0.15) is 52.8 Å². The third-order valence-electron chi connectivity index (χ3n) is 6.89. The number of carboxylic acids is 1. The highest BCUT2D eigenvalue weighted by Crippen LogP contribution is 2.34. The Morgan fingerprint density at radius 2 is 1.58 bits per heavy atom. The van der Waals surface area contributed by atoms with Crippen LogP contribution in [-0.4, -0.2) is 59.5 Å². The average molecular weight is 451 g/mol. The molecule has 2 amide bonds. The Labute approximate surface area is 193 Å². The minimum atomic E-state index is -1.11. The van der Waals surface area contributed by atoms with Gasteiger partial charge in [-0.1, -0.05) is 24.6 Å². The lowest BCUT2D eigenvalue weighted by Crippen LogP contribution is -2.63. The van der Waals surface area contributed by atoms with Crippen LogP contribution >= 0.6 is 0 Å². The molecule has 0 saturated carbocycles. The standard InChI is InChI=1S/C25H30N4O4/c26-24(33)25(29-13-5-2-6-14-29)11-15-28(16-12-25)19-9-10-21(20(17-19)23(31)32)27-22(30)18-7-3-1-4-8-18/h1,3-4,7-10,17H,2,5-6,11-16H2,(H2,26,33)(H,27,30)(H,31,32). The number of nitrogens with two attached hydrogens (primary N) is 1. The van der Waals surface area contributed by atoms with E-state index in [2.05, 4.69) is 15.1 Å². The third kappa shape index (κ3) is 4.71. The SMILES string of the molecule is NC(=O)C1(N2CCCCC2)CCN(c2ccc(NC(=O)c3ccccc3)c(C(=O)O)c2)CC1. The number of amides is 2. The number of carboxylic acid groups (broad SMARTS) is 1. The van der Waals surface area contributed by atoms with Crippen molar-refractivity contribution in [1.29, 1.82) is 0 Å². The second kappa shape index (κ2) is 9.62. The molecule has 0 radical (unpaired) electrons. The Bertz CT molecular complexity index is 1030. The molecule has 0 aliphatic carbocycles. The molecule has 33 heavy (non-hydrogen) atoms. The summed E-state index contributed by atoms with van der Waals surface area (Å²) in [5, 5.41) is 12.5. The zero-order chi connectivity index (χ0) is 23.4. The topological polar surface area (TPSA) is 116 Å². The fourth-order valence-electron chi connectivity index (χ4n) is 4.97. The van der Waals surface area contributed by atoms with E-state index in [9.17, 15) is 19.5 Å². The molecule has 2 aliphatic rings. The smallest absolute Gasteiger partial charge is 0.337 e. The first-order valence-corrected chi connectivity index (χ1v) is 11.4. The highest BCUT2D eigenvalue weighted by atomic mass is 16.4. The van der Waals surface area contributed by atoms with Crippen molar-refractivity contribution in [2.24, 2.45) is 5.73 Å². The molecule has 2 saturated heterocycles. The molecule has 4 rings (SSSR count). The van der Waals surface area contributed by atoms with Gasteiger partial charge >= 0.3 is 5.97 Å². The number of nitrogens with zero attached hydrogens (tertiary/aromatic N) is 2. The average Bonchev–Trinajstić information content (AvgIpc) is 2.85. The van der Waals surface area contributed by atoms with Gasteiger partial charge in [0.1, 0.15) is 5.54 Å². The Kier molecular flexibility index (Phi) is 6.65. The summed E-state index contributed by atoms with van der Waals surface area (Å²) in [5.41, 5.74) is 6.73. The molecule has 2 aromatic carbocycles. The number of anilines is 2. The van der Waals surface area contributed by atoms with E-state index in [1.165, 1.54) is 6.42 Å². The Morgan fingerprint density at radius 3 is 2.18 bits per heavy atom. The van der Waals surface area contributed by atoms with Crippen molar-refractivity contribution in [1.82, 2.24) is 4.90 Å². The summed E-state index contributed by atoms with van der Waals surface area (Å²) in [6, 6.07) is 13.7. The van der Waals surface area contributed by atoms with Gasteiger partial charge in [-0.05, 0) is 69.1 Å². The van der Waals surface area contributed by atoms with Gasteiger partial charge in [-0.25, -0.2) is 4.79 Å². The Hall–Kier alpha value is -3.39. The van der Waals surface area contributed by atoms with Gasteiger partial charge in [0, 0.05) is 24.3 Å². The molecular formula is C25H30N4O4. The first-order chi connectivity index (χ1) is 15.9. The number of aromatic carboxylic acids is 1. The maximum Gasteiger partial charge on any atom is 0.337 e. The molecule has 2 heterocycles. The maximum atomic E-state index is 12.5. The summed E-state index contributed by atoms with van der Waals surface area (Å²) in [6.45, 7) is 2.99. The molecule has 0 atom stereocenters. The first-order valence-electron chi connectivity index (χ1n) is 11.4. The Balaban J connectivity index is 1.50. The molecule has 2 aliphatic heterocycles. The molecule has 4 N–H and O–H groups in total. The number of carbonyl (C=O) groups excluding carboxylic acids is 2. The lowest BCUT2D eigenvalue weighted by molar-refractivity contribution is -0.132. The molecule has 8 nitrogen and oxygen atoms in total. The number of likely N-dealkylation sites (tertiary alicyclic amines) is 1. The summed E-state index contributed by atoms with van der Waals surface area (Å²) in [4.78, 5) is 41.2. The molecule has 174 valence electrons. The molecule has 2 aromatic rings. The van der Waals surface area contributed by atoms with E-state index >= 15 is 0 Å². The van der Waals surface area contributed by atoms with Crippen molar-refractivity contribution in [3.05, 3.63) is 59.7 Å². The number of hydrogen-bond donors (Lipinski definition) is 3. The van der Waals surface area contributed by atoms with Crippen LogP contribution in [0.25, 0.3) is 0 Å². The molecular weight excluding hydrogens is 420 g/mol. The maximum absolute atomic E-state index is 12.5. The third-order valence-corrected chi connectivity index (χ3v) is 6.89. The van der Waals surface area contributed by atoms with Crippen LogP contribution in [0.2, 0.25) is 0 Å². The molecule has 0 unspecified atom stereocenters. The summed E-state index contributed by atoms with van der Waals surface area (Å²) in [5.74, 6) is -1.75. The number of hydrogen-bond acceptors (Lipinski definition) is 5. The van der Waals surface area contributed by atoms with Crippen molar-refractivity contribution in [3.63, 3.8) is 0 Å². The molecule has 0 bridgehead atoms. The van der Waals surface area contributed by atoms with Crippen molar-refractivity contribution >= 4 is 29.2 Å². The van der Waals surface area contributed by atoms with E-state index in [0.717, 1.165) is 31.6 Å². The van der Waals surface area contributed by atoms with E-state index < -0.39 is 11.5 Å². The minimum Gasteiger partial charge on any atom is -0.478 e. The monoisotopic (exact) mass is 450 g/mol. The summed E-state index contributed by atoms with van der Waals surface area (Å²) in [6.07, 6.45) is 4.56. The first kappa shape index (κ1) is 22.8. The summed E-state index contributed by atoms with van der Waals surface area (Å²) >= 11 is 0. The van der Waals surface area contributed by atoms with Crippen LogP contribution < -0.4 is 16.0 Å². The van der Waals surface area contributed by atoms with Gasteiger partial charge < -0.3 is 21.1 Å². The van der Waals surface area contributed by atoms with E-state index in [-0.39, 0.29) is 23.1 Å². The zero-order valence-corrected chi connectivity index (χ0v) is 18.6. The number of benzene rings is 2. The van der Waals surface area contributed by atoms with Crippen molar-refractivity contribution < 1.29 is 19.5 Å². The number of nitrogens with one attached hydrogen (secondary N) is 1. The predicted octanol–water partition coefficient (Wildman–Crippen LogP) is 2.95. The molecule has 0 aromatic heterocycles. The number of primary amides is 1. The van der Waals surface area contributed by atoms with Gasteiger partial charge in [0.25, 0.3) is 5.91 Å². The van der Waals surface area contributed by atoms with Crippen molar-refractivity contribution in [2.45, 2.75) is 37.6 Å². The fraction of sp³-hybridized carbons (Fsp3) is 0.400. The van der Waals surface area contributed by atoms with Crippen LogP contribution in [0.15, 0.2) is 48.5 Å². The molecule has 8 heteroatoms. The van der Waals surface area contributed by atoms with E-state index in [0.29, 0.717) is 31.5 Å². The van der Waals surface area contributed by atoms with Crippen LogP contribution in [-0.2, 0) is 4.79 Å². The second-order valence-corrected chi connectivity index (χ2v) is 8.79. The fourth-order valence-corrected chi connectivity index (χ4v) is 4.97. The number of carbonyl (C=O) groups is 3. The van der Waals surface area contributed by atoms with Crippen LogP contribution in [0.5, 0.6) is 0 Å². The van der Waals surface area contributed by atoms with Crippen LogP contribution in [0, 0.1) is 0 Å². The highest BCUT2D eigenvalue weighted by molar-refractivity contribution is 6.08. The lowest BCUT2D eigenvalue weighted by Gasteiger charge is -2.48. The number of rotatable bonds is 6. The summed E-state index contributed by atoms with van der Waals surface area (Å²) < 4.78 is 0. The quantitative estimate of drug-likeness (QED) is 0.623. The van der Waals surface area contributed by atoms with Gasteiger partial charge in [-0.15, -0.1) is 0 Å². The summed E-state index contributed by atoms with van der Waals surface area (Å²) in [7, 11) is 0. The minimum absolute atomic E-state index is 0.0274. The normalized spacial score (nSPS) is 18.5. The van der Waals surface area contributed by atoms with Crippen LogP contribution in [0.3, 0.4) is 0 Å². The van der Waals surface area contributed by atoms with Gasteiger partial charge in [0.2, 0.25) is 5.91 Å². The predicted molar refractivity (Wildman–Crippen MR) is 127 cm³/mol. The lowest BCUT2D eigenvalue weighted by atomic mass is 9.83. The van der Waals surface area contributed by atoms with Gasteiger partial charge in [-0.2, -0.15) is 0 Å². The molecule has 0 spiro atoms.